The van der Waals surface area contributed by atoms with Crippen LogP contribution < -0.4 is 5.32 Å². The molecular formula is C21H27N5O2. The molecule has 0 aliphatic heterocycles. The van der Waals surface area contributed by atoms with E-state index in [0.29, 0.717) is 17.5 Å². The number of aromatic amines is 1. The van der Waals surface area contributed by atoms with Crippen LogP contribution in [0.25, 0.3) is 10.9 Å². The van der Waals surface area contributed by atoms with Crippen molar-refractivity contribution in [3.8, 4) is 5.88 Å². The summed E-state index contributed by atoms with van der Waals surface area (Å²) in [6.07, 6.45) is 4.21. The maximum atomic E-state index is 12.4. The number of carbonyl (C=O) groups excluding carboxylic acids is 1. The first kappa shape index (κ1) is 19.7. The number of amides is 1. The first-order valence-corrected chi connectivity index (χ1v) is 9.57. The molecule has 0 saturated carbocycles. The molecule has 1 amide bonds. The zero-order valence-corrected chi connectivity index (χ0v) is 16.9. The Kier molecular flexibility index (Phi) is 5.53. The van der Waals surface area contributed by atoms with E-state index in [1.165, 1.54) is 0 Å². The second-order valence-electron chi connectivity index (χ2n) is 7.42. The molecule has 7 nitrogen and oxygen atoms in total. The van der Waals surface area contributed by atoms with E-state index in [1.54, 1.807) is 24.4 Å². The zero-order chi connectivity index (χ0) is 20.4. The van der Waals surface area contributed by atoms with Gasteiger partial charge in [-0.2, -0.15) is 5.10 Å². The average Bonchev–Trinajstić information content (AvgIpc) is 3.22. The van der Waals surface area contributed by atoms with Crippen LogP contribution in [0.15, 0.2) is 35.6 Å². The van der Waals surface area contributed by atoms with Crippen LogP contribution in [0.4, 0.5) is 5.69 Å². The SMILES string of the molecule is CCC(=Nc1cnn(C(C)C)c1)c1c(O)[nH]c2ccc(C(=O)NC(C)C)cc12. The van der Waals surface area contributed by atoms with Gasteiger partial charge in [0.05, 0.1) is 23.7 Å². The third-order valence-electron chi connectivity index (χ3n) is 4.47. The second kappa shape index (κ2) is 7.88. The highest BCUT2D eigenvalue weighted by atomic mass is 16.3. The summed E-state index contributed by atoms with van der Waals surface area (Å²) < 4.78 is 1.84. The van der Waals surface area contributed by atoms with Crippen LogP contribution in [0.3, 0.4) is 0 Å². The Balaban J connectivity index is 2.07. The Hall–Kier alpha value is -3.09. The lowest BCUT2D eigenvalue weighted by atomic mass is 10.0. The Morgan fingerprint density at radius 1 is 1.32 bits per heavy atom. The lowest BCUT2D eigenvalue weighted by molar-refractivity contribution is 0.0943. The number of nitrogens with zero attached hydrogens (tertiary/aromatic N) is 3. The van der Waals surface area contributed by atoms with E-state index in [0.717, 1.165) is 22.3 Å². The van der Waals surface area contributed by atoms with E-state index in [-0.39, 0.29) is 23.9 Å². The maximum absolute atomic E-state index is 12.4. The minimum atomic E-state index is -0.142. The molecule has 0 fully saturated rings. The number of rotatable bonds is 6. The molecule has 28 heavy (non-hydrogen) atoms. The van der Waals surface area contributed by atoms with Crippen LogP contribution in [-0.2, 0) is 0 Å². The van der Waals surface area contributed by atoms with E-state index in [4.69, 9.17) is 4.99 Å². The van der Waals surface area contributed by atoms with E-state index >= 15 is 0 Å². The van der Waals surface area contributed by atoms with Crippen LogP contribution in [-0.4, -0.2) is 37.5 Å². The zero-order valence-electron chi connectivity index (χ0n) is 16.9. The molecule has 3 rings (SSSR count). The van der Waals surface area contributed by atoms with Gasteiger partial charge in [0.2, 0.25) is 0 Å². The molecule has 3 N–H and O–H groups in total. The molecule has 0 aliphatic carbocycles. The minimum absolute atomic E-state index is 0.0487. The van der Waals surface area contributed by atoms with Crippen molar-refractivity contribution >= 4 is 28.2 Å². The molecule has 2 aromatic heterocycles. The number of carbonyl (C=O) groups is 1. The van der Waals surface area contributed by atoms with Crippen molar-refractivity contribution in [2.75, 3.05) is 0 Å². The largest absolute Gasteiger partial charge is 0.494 e. The summed E-state index contributed by atoms with van der Waals surface area (Å²) in [6.45, 7) is 9.93. The van der Waals surface area contributed by atoms with Crippen LogP contribution in [0, 0.1) is 0 Å². The highest BCUT2D eigenvalue weighted by Gasteiger charge is 2.18. The molecule has 3 aromatic rings. The van der Waals surface area contributed by atoms with Crippen molar-refractivity contribution in [1.82, 2.24) is 20.1 Å². The number of H-pyrrole nitrogens is 1. The molecule has 2 heterocycles. The quantitative estimate of drug-likeness (QED) is 0.555. The van der Waals surface area contributed by atoms with Gasteiger partial charge in [-0.3, -0.25) is 9.48 Å². The number of fused-ring (bicyclic) bond motifs is 1. The molecule has 0 spiro atoms. The Bertz CT molecular complexity index is 1030. The summed E-state index contributed by atoms with van der Waals surface area (Å²) in [5.41, 5.74) is 3.38. The van der Waals surface area contributed by atoms with E-state index < -0.39 is 0 Å². The third-order valence-corrected chi connectivity index (χ3v) is 4.47. The van der Waals surface area contributed by atoms with Crippen molar-refractivity contribution < 1.29 is 9.90 Å². The minimum Gasteiger partial charge on any atom is -0.494 e. The molecule has 0 saturated heterocycles. The normalized spacial score (nSPS) is 12.3. The van der Waals surface area contributed by atoms with Crippen molar-refractivity contribution in [2.24, 2.45) is 4.99 Å². The first-order valence-electron chi connectivity index (χ1n) is 9.57. The smallest absolute Gasteiger partial charge is 0.251 e. The molecule has 0 aliphatic rings. The number of benzene rings is 1. The summed E-state index contributed by atoms with van der Waals surface area (Å²) in [7, 11) is 0. The molecule has 0 bridgehead atoms. The molecule has 0 atom stereocenters. The topological polar surface area (TPSA) is 95.3 Å². The van der Waals surface area contributed by atoms with Crippen molar-refractivity contribution in [1.29, 1.82) is 0 Å². The van der Waals surface area contributed by atoms with Gasteiger partial charge < -0.3 is 15.4 Å². The number of aliphatic imine (C=N–C) groups is 1. The average molecular weight is 381 g/mol. The predicted octanol–water partition coefficient (Wildman–Crippen LogP) is 4.32. The number of nitrogens with one attached hydrogen (secondary N) is 2. The number of aromatic hydroxyl groups is 1. The maximum Gasteiger partial charge on any atom is 0.251 e. The van der Waals surface area contributed by atoms with Crippen molar-refractivity contribution in [3.63, 3.8) is 0 Å². The van der Waals surface area contributed by atoms with Gasteiger partial charge in [0.25, 0.3) is 5.91 Å². The lowest BCUT2D eigenvalue weighted by Crippen LogP contribution is -2.29. The van der Waals surface area contributed by atoms with E-state index in [1.807, 2.05) is 31.6 Å². The molecule has 0 unspecified atom stereocenters. The van der Waals surface area contributed by atoms with Gasteiger partial charge in [0.15, 0.2) is 5.88 Å². The molecular weight excluding hydrogens is 354 g/mol. The fourth-order valence-corrected chi connectivity index (χ4v) is 3.09. The van der Waals surface area contributed by atoms with E-state index in [9.17, 15) is 9.90 Å². The summed E-state index contributed by atoms with van der Waals surface area (Å²) >= 11 is 0. The number of hydrogen-bond donors (Lipinski definition) is 3. The van der Waals surface area contributed by atoms with Crippen LogP contribution in [0.5, 0.6) is 5.88 Å². The van der Waals surface area contributed by atoms with Gasteiger partial charge in [-0.1, -0.05) is 6.92 Å². The fraction of sp³-hybridized carbons (Fsp3) is 0.381. The summed E-state index contributed by atoms with van der Waals surface area (Å²) in [6, 6.07) is 5.64. The summed E-state index contributed by atoms with van der Waals surface area (Å²) in [5, 5.41) is 18.5. The van der Waals surface area contributed by atoms with Gasteiger partial charge >= 0.3 is 0 Å². The van der Waals surface area contributed by atoms with Gasteiger partial charge in [-0.15, -0.1) is 0 Å². The van der Waals surface area contributed by atoms with Crippen LogP contribution >= 0.6 is 0 Å². The first-order chi connectivity index (χ1) is 13.3. The van der Waals surface area contributed by atoms with Gasteiger partial charge in [-0.05, 0) is 52.3 Å². The summed E-state index contributed by atoms with van der Waals surface area (Å²) in [4.78, 5) is 20.1. The standard InChI is InChI=1S/C21H27N5O2/c1-6-17(24-15-10-22-26(11-15)13(4)5)19-16-9-14(20(27)23-12(2)3)7-8-18(16)25-21(19)28/h7-13,25,28H,6H2,1-5H3,(H,23,27). The predicted molar refractivity (Wildman–Crippen MR) is 112 cm³/mol. The lowest BCUT2D eigenvalue weighted by Gasteiger charge is -2.09. The van der Waals surface area contributed by atoms with Crippen molar-refractivity contribution in [3.05, 3.63) is 41.7 Å². The van der Waals surface area contributed by atoms with Gasteiger partial charge in [0, 0.05) is 28.6 Å². The van der Waals surface area contributed by atoms with Crippen LogP contribution in [0.2, 0.25) is 0 Å². The van der Waals surface area contributed by atoms with Crippen molar-refractivity contribution in [2.45, 2.75) is 53.1 Å². The highest BCUT2D eigenvalue weighted by molar-refractivity contribution is 6.14. The Morgan fingerprint density at radius 2 is 2.07 bits per heavy atom. The van der Waals surface area contributed by atoms with Gasteiger partial charge in [-0.25, -0.2) is 4.99 Å². The fourth-order valence-electron chi connectivity index (χ4n) is 3.09. The van der Waals surface area contributed by atoms with Crippen LogP contribution in [0.1, 0.15) is 63.0 Å². The third kappa shape index (κ3) is 3.93. The molecule has 148 valence electrons. The number of aromatic nitrogens is 3. The monoisotopic (exact) mass is 381 g/mol. The summed E-state index contributed by atoms with van der Waals surface area (Å²) in [5.74, 6) is -0.0926. The molecule has 0 radical (unpaired) electrons. The van der Waals surface area contributed by atoms with E-state index in [2.05, 4.69) is 29.2 Å². The highest BCUT2D eigenvalue weighted by Crippen LogP contribution is 2.31. The second-order valence-corrected chi connectivity index (χ2v) is 7.42. The van der Waals surface area contributed by atoms with Gasteiger partial charge in [0.1, 0.15) is 5.69 Å². The molecule has 1 aromatic carbocycles. The Morgan fingerprint density at radius 3 is 2.68 bits per heavy atom. The number of hydrogen-bond acceptors (Lipinski definition) is 4. The molecule has 7 heteroatoms. The Labute approximate surface area is 164 Å².